The van der Waals surface area contributed by atoms with Crippen LogP contribution >= 0.6 is 11.6 Å². The summed E-state index contributed by atoms with van der Waals surface area (Å²) in [6.45, 7) is 0.974. The number of carbonyl (C=O) groups excluding carboxylic acids is 2. The van der Waals surface area contributed by atoms with Gasteiger partial charge >= 0.3 is 0 Å². The number of benzene rings is 3. The summed E-state index contributed by atoms with van der Waals surface area (Å²) in [7, 11) is 3.01. The highest BCUT2D eigenvalue weighted by Gasteiger charge is 2.21. The number of rotatable bonds is 8. The zero-order chi connectivity index (χ0) is 25.8. The van der Waals surface area contributed by atoms with Crippen LogP contribution in [0.4, 0.5) is 5.69 Å². The summed E-state index contributed by atoms with van der Waals surface area (Å²) >= 11 is 6.09. The predicted molar refractivity (Wildman–Crippen MR) is 137 cm³/mol. The Morgan fingerprint density at radius 1 is 0.944 bits per heavy atom. The molecule has 0 fully saturated rings. The average Bonchev–Trinajstić information content (AvgIpc) is 2.87. The maximum Gasteiger partial charge on any atom is 0.235 e. The van der Waals surface area contributed by atoms with Crippen LogP contribution in [0.25, 0.3) is 22.3 Å². The molecule has 0 aliphatic carbocycles. The average molecular weight is 508 g/mol. The van der Waals surface area contributed by atoms with Crippen LogP contribution in [0, 0.1) is 0 Å². The topological polar surface area (TPSA) is 104 Å². The Hall–Kier alpha value is -4.30. The zero-order valence-electron chi connectivity index (χ0n) is 19.7. The van der Waals surface area contributed by atoms with E-state index in [0.717, 1.165) is 0 Å². The van der Waals surface area contributed by atoms with Crippen LogP contribution in [0.2, 0.25) is 5.02 Å². The summed E-state index contributed by atoms with van der Waals surface area (Å²) in [6, 6.07) is 16.0. The monoisotopic (exact) mass is 507 g/mol. The van der Waals surface area contributed by atoms with E-state index in [0.29, 0.717) is 38.9 Å². The molecule has 1 N–H and O–H groups in total. The molecule has 0 saturated carbocycles. The van der Waals surface area contributed by atoms with Crippen molar-refractivity contribution in [3.05, 3.63) is 81.5 Å². The molecule has 36 heavy (non-hydrogen) atoms. The van der Waals surface area contributed by atoms with E-state index in [-0.39, 0.29) is 28.6 Å². The molecule has 0 radical (unpaired) electrons. The van der Waals surface area contributed by atoms with Gasteiger partial charge < -0.3 is 23.9 Å². The summed E-state index contributed by atoms with van der Waals surface area (Å²) in [5, 5.41) is 3.21. The lowest BCUT2D eigenvalue weighted by Gasteiger charge is -2.13. The second-order valence-corrected chi connectivity index (χ2v) is 8.21. The van der Waals surface area contributed by atoms with Gasteiger partial charge in [0, 0.05) is 28.8 Å². The maximum atomic E-state index is 13.4. The molecule has 9 heteroatoms. The number of fused-ring (bicyclic) bond motifs is 1. The number of amides is 1. The Bertz CT molecular complexity index is 1510. The maximum absolute atomic E-state index is 13.4. The van der Waals surface area contributed by atoms with Crippen molar-refractivity contribution in [1.82, 2.24) is 0 Å². The number of halogens is 1. The molecule has 4 aromatic rings. The molecular formula is C27H22ClNO7. The third-order valence-electron chi connectivity index (χ3n) is 5.33. The minimum atomic E-state index is -0.475. The number of ether oxygens (including phenoxy) is 3. The highest BCUT2D eigenvalue weighted by Crippen LogP contribution is 2.37. The number of methoxy groups -OCH3 is 2. The Labute approximate surface area is 211 Å². The minimum Gasteiger partial charge on any atom is -0.493 e. The number of anilines is 1. The van der Waals surface area contributed by atoms with Gasteiger partial charge in [-0.1, -0.05) is 11.6 Å². The quantitative estimate of drug-likeness (QED) is 0.320. The van der Waals surface area contributed by atoms with Gasteiger partial charge in [-0.3, -0.25) is 14.4 Å². The van der Waals surface area contributed by atoms with E-state index in [4.69, 9.17) is 30.2 Å². The Morgan fingerprint density at radius 3 is 2.33 bits per heavy atom. The van der Waals surface area contributed by atoms with Gasteiger partial charge in [-0.25, -0.2) is 0 Å². The van der Waals surface area contributed by atoms with Crippen LogP contribution in [0.3, 0.4) is 0 Å². The number of nitrogens with one attached hydrogen (secondary N) is 1. The highest BCUT2D eigenvalue weighted by atomic mass is 35.5. The molecule has 184 valence electrons. The first-order valence-electron chi connectivity index (χ1n) is 10.8. The van der Waals surface area contributed by atoms with Gasteiger partial charge in [-0.05, 0) is 60.7 Å². The summed E-state index contributed by atoms with van der Waals surface area (Å²) in [5.74, 6) is 0.327. The van der Waals surface area contributed by atoms with Gasteiger partial charge in [0.1, 0.15) is 5.58 Å². The SMILES string of the molecule is COc1ccc(-c2oc3ccc(Cl)cc3c(=O)c2OCC(=O)c2ccc(NC(C)=O)cc2)cc1OC. The van der Waals surface area contributed by atoms with Crippen LogP contribution < -0.4 is 25.0 Å². The molecule has 0 aliphatic heterocycles. The predicted octanol–water partition coefficient (Wildman–Crippen LogP) is 5.35. The van der Waals surface area contributed by atoms with E-state index in [1.807, 2.05) is 0 Å². The third kappa shape index (κ3) is 5.18. The second-order valence-electron chi connectivity index (χ2n) is 7.77. The molecule has 3 aromatic carbocycles. The van der Waals surface area contributed by atoms with Gasteiger partial charge in [-0.15, -0.1) is 0 Å². The smallest absolute Gasteiger partial charge is 0.235 e. The summed E-state index contributed by atoms with van der Waals surface area (Å²) in [4.78, 5) is 37.4. The van der Waals surface area contributed by atoms with Crippen molar-refractivity contribution < 1.29 is 28.2 Å². The number of Topliss-reactive ketones (excluding diaryl/α,β-unsaturated/α-hetero) is 1. The molecule has 0 atom stereocenters. The molecule has 0 aliphatic rings. The number of carbonyl (C=O) groups is 2. The first kappa shape index (κ1) is 24.8. The van der Waals surface area contributed by atoms with E-state index in [1.54, 1.807) is 54.6 Å². The van der Waals surface area contributed by atoms with Crippen molar-refractivity contribution in [3.8, 4) is 28.6 Å². The summed E-state index contributed by atoms with van der Waals surface area (Å²) in [5.41, 5.74) is 1.23. The van der Waals surface area contributed by atoms with Crippen LogP contribution in [-0.4, -0.2) is 32.5 Å². The van der Waals surface area contributed by atoms with E-state index in [1.165, 1.54) is 27.2 Å². The third-order valence-corrected chi connectivity index (χ3v) is 5.57. The Kier molecular flexibility index (Phi) is 7.26. The molecule has 8 nitrogen and oxygen atoms in total. The van der Waals surface area contributed by atoms with Crippen molar-refractivity contribution >= 4 is 39.9 Å². The summed E-state index contributed by atoms with van der Waals surface area (Å²) in [6.07, 6.45) is 0. The minimum absolute atomic E-state index is 0.129. The molecule has 0 spiro atoms. The van der Waals surface area contributed by atoms with Crippen molar-refractivity contribution in [3.63, 3.8) is 0 Å². The molecule has 1 aromatic heterocycles. The van der Waals surface area contributed by atoms with Gasteiger partial charge in [0.25, 0.3) is 0 Å². The lowest BCUT2D eigenvalue weighted by molar-refractivity contribution is -0.114. The van der Waals surface area contributed by atoms with Crippen molar-refractivity contribution in [2.45, 2.75) is 6.92 Å². The van der Waals surface area contributed by atoms with Gasteiger partial charge in [-0.2, -0.15) is 0 Å². The Morgan fingerprint density at radius 2 is 1.67 bits per heavy atom. The fourth-order valence-corrected chi connectivity index (χ4v) is 3.78. The normalized spacial score (nSPS) is 10.7. The van der Waals surface area contributed by atoms with Crippen LogP contribution in [0.1, 0.15) is 17.3 Å². The van der Waals surface area contributed by atoms with Crippen molar-refractivity contribution in [1.29, 1.82) is 0 Å². The lowest BCUT2D eigenvalue weighted by Crippen LogP contribution is -2.17. The van der Waals surface area contributed by atoms with Crippen LogP contribution in [0.15, 0.2) is 69.9 Å². The van der Waals surface area contributed by atoms with Gasteiger partial charge in [0.15, 0.2) is 29.6 Å². The molecule has 1 heterocycles. The highest BCUT2D eigenvalue weighted by molar-refractivity contribution is 6.31. The Balaban J connectivity index is 1.72. The van der Waals surface area contributed by atoms with E-state index >= 15 is 0 Å². The standard InChI is InChI=1S/C27H22ClNO7/c1-15(30)29-19-8-4-16(5-9-19)21(31)14-35-27-25(32)20-13-18(28)7-11-22(20)36-26(27)17-6-10-23(33-2)24(12-17)34-3/h4-13H,14H2,1-3H3,(H,29,30). The molecule has 4 rings (SSSR count). The number of hydrogen-bond acceptors (Lipinski definition) is 7. The fourth-order valence-electron chi connectivity index (χ4n) is 3.61. The lowest BCUT2D eigenvalue weighted by atomic mass is 10.1. The second kappa shape index (κ2) is 10.5. The van der Waals surface area contributed by atoms with Crippen molar-refractivity contribution in [2.75, 3.05) is 26.1 Å². The van der Waals surface area contributed by atoms with Gasteiger partial charge in [0.05, 0.1) is 19.6 Å². The van der Waals surface area contributed by atoms with E-state index in [2.05, 4.69) is 5.32 Å². The largest absolute Gasteiger partial charge is 0.493 e. The molecular weight excluding hydrogens is 486 g/mol. The summed E-state index contributed by atoms with van der Waals surface area (Å²) < 4.78 is 22.5. The molecule has 0 unspecified atom stereocenters. The van der Waals surface area contributed by atoms with Crippen molar-refractivity contribution in [2.24, 2.45) is 0 Å². The van der Waals surface area contributed by atoms with E-state index < -0.39 is 12.0 Å². The molecule has 1 amide bonds. The fraction of sp³-hybridized carbons (Fsp3) is 0.148. The van der Waals surface area contributed by atoms with E-state index in [9.17, 15) is 14.4 Å². The van der Waals surface area contributed by atoms with Crippen LogP contribution in [-0.2, 0) is 4.79 Å². The zero-order valence-corrected chi connectivity index (χ0v) is 20.5. The molecule has 0 bridgehead atoms. The number of ketones is 1. The number of hydrogen-bond donors (Lipinski definition) is 1. The first-order chi connectivity index (χ1) is 17.3. The van der Waals surface area contributed by atoms with Gasteiger partial charge in [0.2, 0.25) is 17.1 Å². The van der Waals surface area contributed by atoms with Crippen LogP contribution in [0.5, 0.6) is 17.2 Å². The molecule has 0 saturated heterocycles. The first-order valence-corrected chi connectivity index (χ1v) is 11.2.